The molecule has 0 aliphatic heterocycles. The van der Waals surface area contributed by atoms with E-state index in [-0.39, 0.29) is 5.56 Å². The summed E-state index contributed by atoms with van der Waals surface area (Å²) in [6, 6.07) is 10.7. The highest BCUT2D eigenvalue weighted by atomic mass is 16.4. The zero-order chi connectivity index (χ0) is 11.7. The molecule has 3 heteroatoms. The summed E-state index contributed by atoms with van der Waals surface area (Å²) in [5, 5.41) is 20.3. The molecular weight excluding hydrogens is 204 g/mol. The Kier molecular flexibility index (Phi) is 2.62. The summed E-state index contributed by atoms with van der Waals surface area (Å²) < 4.78 is 0. The van der Waals surface area contributed by atoms with E-state index in [0.717, 1.165) is 5.39 Å². The average molecular weight is 216 g/mol. The van der Waals surface area contributed by atoms with Gasteiger partial charge in [0.25, 0.3) is 0 Å². The van der Waals surface area contributed by atoms with E-state index in [0.29, 0.717) is 10.9 Å². The molecule has 0 amide bonds. The fourth-order valence-electron chi connectivity index (χ4n) is 1.88. The first-order valence-electron chi connectivity index (χ1n) is 5.04. The van der Waals surface area contributed by atoms with Gasteiger partial charge in [-0.05, 0) is 23.3 Å². The van der Waals surface area contributed by atoms with Gasteiger partial charge in [0.15, 0.2) is 0 Å². The molecule has 0 saturated carbocycles. The van der Waals surface area contributed by atoms with Gasteiger partial charge in [0, 0.05) is 0 Å². The van der Waals surface area contributed by atoms with Gasteiger partial charge in [-0.3, -0.25) is 0 Å². The van der Waals surface area contributed by atoms with Crippen molar-refractivity contribution in [3.8, 4) is 0 Å². The zero-order valence-corrected chi connectivity index (χ0v) is 8.84. The second kappa shape index (κ2) is 3.94. The SMILES string of the molecule is C[C@H](O)c1ccc2ccccc2c1C(=O)O. The summed E-state index contributed by atoms with van der Waals surface area (Å²) in [7, 11) is 0. The summed E-state index contributed by atoms with van der Waals surface area (Å²) in [6.07, 6.45) is -0.782. The van der Waals surface area contributed by atoms with E-state index >= 15 is 0 Å². The van der Waals surface area contributed by atoms with Crippen molar-refractivity contribution in [2.24, 2.45) is 0 Å². The van der Waals surface area contributed by atoms with Gasteiger partial charge in [0.1, 0.15) is 0 Å². The Hall–Kier alpha value is -1.87. The van der Waals surface area contributed by atoms with Crippen LogP contribution in [0, 0.1) is 0 Å². The lowest BCUT2D eigenvalue weighted by atomic mass is 9.96. The van der Waals surface area contributed by atoms with Crippen molar-refractivity contribution >= 4 is 16.7 Å². The van der Waals surface area contributed by atoms with E-state index in [9.17, 15) is 15.0 Å². The minimum atomic E-state index is -1.01. The Balaban J connectivity index is 2.84. The third kappa shape index (κ3) is 1.66. The summed E-state index contributed by atoms with van der Waals surface area (Å²) in [6.45, 7) is 1.57. The van der Waals surface area contributed by atoms with Crippen LogP contribution >= 0.6 is 0 Å². The van der Waals surface area contributed by atoms with Gasteiger partial charge in [-0.1, -0.05) is 36.4 Å². The van der Waals surface area contributed by atoms with E-state index in [2.05, 4.69) is 0 Å². The fourth-order valence-corrected chi connectivity index (χ4v) is 1.88. The molecule has 0 fully saturated rings. The third-order valence-electron chi connectivity index (χ3n) is 2.63. The van der Waals surface area contributed by atoms with Crippen LogP contribution in [0.1, 0.15) is 28.9 Å². The third-order valence-corrected chi connectivity index (χ3v) is 2.63. The summed E-state index contributed by atoms with van der Waals surface area (Å²) in [5.41, 5.74) is 0.638. The molecule has 16 heavy (non-hydrogen) atoms. The number of carboxylic acid groups (broad SMARTS) is 1. The molecule has 0 aliphatic carbocycles. The summed E-state index contributed by atoms with van der Waals surface area (Å²) >= 11 is 0. The lowest BCUT2D eigenvalue weighted by Crippen LogP contribution is -2.06. The van der Waals surface area contributed by atoms with Gasteiger partial charge in [-0.2, -0.15) is 0 Å². The number of aliphatic hydroxyl groups is 1. The van der Waals surface area contributed by atoms with Crippen molar-refractivity contribution < 1.29 is 15.0 Å². The smallest absolute Gasteiger partial charge is 0.336 e. The lowest BCUT2D eigenvalue weighted by Gasteiger charge is -2.11. The first kappa shape index (κ1) is 10.6. The Morgan fingerprint density at radius 2 is 1.88 bits per heavy atom. The van der Waals surface area contributed by atoms with Crippen molar-refractivity contribution in [3.05, 3.63) is 47.5 Å². The van der Waals surface area contributed by atoms with Crippen LogP contribution in [0.25, 0.3) is 10.8 Å². The van der Waals surface area contributed by atoms with E-state index in [4.69, 9.17) is 0 Å². The molecule has 82 valence electrons. The van der Waals surface area contributed by atoms with Crippen molar-refractivity contribution in [2.45, 2.75) is 13.0 Å². The Morgan fingerprint density at radius 1 is 1.19 bits per heavy atom. The number of aromatic carboxylic acids is 1. The van der Waals surface area contributed by atoms with Gasteiger partial charge in [-0.15, -0.1) is 0 Å². The standard InChI is InChI=1S/C13H12O3/c1-8(14)10-7-6-9-4-2-3-5-11(9)12(10)13(15)16/h2-8,14H,1H3,(H,15,16)/t8-/m0/s1. The van der Waals surface area contributed by atoms with Crippen LogP contribution in [-0.2, 0) is 0 Å². The first-order valence-corrected chi connectivity index (χ1v) is 5.04. The van der Waals surface area contributed by atoms with E-state index in [1.54, 1.807) is 25.1 Å². The molecule has 1 atom stereocenters. The molecule has 2 rings (SSSR count). The number of rotatable bonds is 2. The molecule has 0 aromatic heterocycles. The molecule has 0 saturated heterocycles. The number of hydrogen-bond acceptors (Lipinski definition) is 2. The molecule has 0 heterocycles. The largest absolute Gasteiger partial charge is 0.478 e. The second-order valence-corrected chi connectivity index (χ2v) is 3.73. The first-order chi connectivity index (χ1) is 7.61. The average Bonchev–Trinajstić information content (AvgIpc) is 2.27. The van der Waals surface area contributed by atoms with Crippen LogP contribution in [0.2, 0.25) is 0 Å². The number of carboxylic acids is 1. The molecule has 0 radical (unpaired) electrons. The minimum absolute atomic E-state index is 0.188. The zero-order valence-electron chi connectivity index (χ0n) is 8.84. The molecule has 0 spiro atoms. The van der Waals surface area contributed by atoms with Gasteiger partial charge >= 0.3 is 5.97 Å². The Bertz CT molecular complexity index is 544. The molecule has 2 aromatic rings. The molecule has 3 nitrogen and oxygen atoms in total. The highest BCUT2D eigenvalue weighted by molar-refractivity contribution is 6.05. The van der Waals surface area contributed by atoms with Crippen LogP contribution in [-0.4, -0.2) is 16.2 Å². The van der Waals surface area contributed by atoms with Crippen molar-refractivity contribution in [2.75, 3.05) is 0 Å². The predicted octanol–water partition coefficient (Wildman–Crippen LogP) is 2.59. The number of carbonyl (C=O) groups is 1. The van der Waals surface area contributed by atoms with Crippen molar-refractivity contribution in [1.82, 2.24) is 0 Å². The van der Waals surface area contributed by atoms with Gasteiger partial charge < -0.3 is 10.2 Å². The Morgan fingerprint density at radius 3 is 2.50 bits per heavy atom. The number of fused-ring (bicyclic) bond motifs is 1. The van der Waals surface area contributed by atoms with Gasteiger partial charge in [0.05, 0.1) is 11.7 Å². The molecule has 2 aromatic carbocycles. The van der Waals surface area contributed by atoms with Gasteiger partial charge in [0.2, 0.25) is 0 Å². The summed E-state index contributed by atoms with van der Waals surface area (Å²) in [5.74, 6) is -1.01. The van der Waals surface area contributed by atoms with Crippen LogP contribution in [0.4, 0.5) is 0 Å². The molecular formula is C13H12O3. The quantitative estimate of drug-likeness (QED) is 0.811. The summed E-state index contributed by atoms with van der Waals surface area (Å²) in [4.78, 5) is 11.2. The maximum atomic E-state index is 11.2. The normalized spacial score (nSPS) is 12.6. The molecule has 0 aliphatic rings. The molecule has 2 N–H and O–H groups in total. The maximum absolute atomic E-state index is 11.2. The van der Waals surface area contributed by atoms with E-state index in [1.807, 2.05) is 18.2 Å². The maximum Gasteiger partial charge on any atom is 0.336 e. The van der Waals surface area contributed by atoms with Crippen LogP contribution in [0.3, 0.4) is 0 Å². The van der Waals surface area contributed by atoms with Crippen LogP contribution < -0.4 is 0 Å². The highest BCUT2D eigenvalue weighted by Gasteiger charge is 2.16. The monoisotopic (exact) mass is 216 g/mol. The minimum Gasteiger partial charge on any atom is -0.478 e. The topological polar surface area (TPSA) is 57.5 Å². The lowest BCUT2D eigenvalue weighted by molar-refractivity contribution is 0.0692. The predicted molar refractivity (Wildman–Crippen MR) is 61.5 cm³/mol. The molecule has 0 unspecified atom stereocenters. The highest BCUT2D eigenvalue weighted by Crippen LogP contribution is 2.26. The molecule has 0 bridgehead atoms. The van der Waals surface area contributed by atoms with Crippen molar-refractivity contribution in [3.63, 3.8) is 0 Å². The van der Waals surface area contributed by atoms with E-state index < -0.39 is 12.1 Å². The van der Waals surface area contributed by atoms with E-state index in [1.165, 1.54) is 0 Å². The Labute approximate surface area is 93.0 Å². The number of benzene rings is 2. The van der Waals surface area contributed by atoms with Crippen LogP contribution in [0.15, 0.2) is 36.4 Å². The number of aliphatic hydroxyl groups excluding tert-OH is 1. The number of hydrogen-bond donors (Lipinski definition) is 2. The second-order valence-electron chi connectivity index (χ2n) is 3.73. The van der Waals surface area contributed by atoms with Gasteiger partial charge in [-0.25, -0.2) is 4.79 Å². The fraction of sp³-hybridized carbons (Fsp3) is 0.154. The van der Waals surface area contributed by atoms with Crippen molar-refractivity contribution in [1.29, 1.82) is 0 Å². The van der Waals surface area contributed by atoms with Crippen LogP contribution in [0.5, 0.6) is 0 Å².